The maximum absolute atomic E-state index is 5.22. The Morgan fingerprint density at radius 1 is 0.889 bits per heavy atom. The number of nitrogens with zero attached hydrogens (tertiary/aromatic N) is 4. The van der Waals surface area contributed by atoms with Gasteiger partial charge in [0.15, 0.2) is 11.0 Å². The van der Waals surface area contributed by atoms with Gasteiger partial charge in [-0.3, -0.25) is 9.55 Å². The lowest BCUT2D eigenvalue weighted by molar-refractivity contribution is 0.414. The molecule has 5 nitrogen and oxygen atoms in total. The lowest BCUT2D eigenvalue weighted by Gasteiger charge is -2.10. The van der Waals surface area contributed by atoms with Crippen molar-refractivity contribution in [1.82, 2.24) is 19.7 Å². The first-order valence-corrected chi connectivity index (χ1v) is 9.50. The topological polar surface area (TPSA) is 52.8 Å². The Bertz CT molecular complexity index is 1000. The first kappa shape index (κ1) is 17.3. The third-order valence-electron chi connectivity index (χ3n) is 4.11. The maximum Gasteiger partial charge on any atom is 0.196 e. The summed E-state index contributed by atoms with van der Waals surface area (Å²) in [4.78, 5) is 4.10. The molecule has 0 unspecified atom stereocenters. The monoisotopic (exact) mass is 374 g/mol. The van der Waals surface area contributed by atoms with Crippen LogP contribution in [0.3, 0.4) is 0 Å². The van der Waals surface area contributed by atoms with E-state index in [1.807, 2.05) is 42.5 Å². The Morgan fingerprint density at radius 2 is 1.63 bits per heavy atom. The Morgan fingerprint density at radius 3 is 2.33 bits per heavy atom. The van der Waals surface area contributed by atoms with Gasteiger partial charge in [-0.2, -0.15) is 0 Å². The highest BCUT2D eigenvalue weighted by Gasteiger charge is 2.16. The number of aromatic nitrogens is 4. The minimum Gasteiger partial charge on any atom is -0.497 e. The summed E-state index contributed by atoms with van der Waals surface area (Å²) in [5.74, 6) is 2.46. The number of hydrogen-bond acceptors (Lipinski definition) is 5. The van der Waals surface area contributed by atoms with Gasteiger partial charge >= 0.3 is 0 Å². The number of pyridine rings is 1. The van der Waals surface area contributed by atoms with Crippen molar-refractivity contribution in [2.24, 2.45) is 0 Å². The number of rotatable bonds is 6. The van der Waals surface area contributed by atoms with Crippen molar-refractivity contribution in [2.75, 3.05) is 7.11 Å². The quantitative estimate of drug-likeness (QED) is 0.461. The molecule has 0 aliphatic carbocycles. The van der Waals surface area contributed by atoms with Gasteiger partial charge in [-0.05, 0) is 42.0 Å². The number of methoxy groups -OCH3 is 1. The molecule has 0 fully saturated rings. The van der Waals surface area contributed by atoms with Crippen LogP contribution in [0.4, 0.5) is 0 Å². The lowest BCUT2D eigenvalue weighted by atomic mass is 10.2. The predicted molar refractivity (Wildman–Crippen MR) is 107 cm³/mol. The fourth-order valence-electron chi connectivity index (χ4n) is 2.73. The molecule has 134 valence electrons. The zero-order chi connectivity index (χ0) is 18.5. The Hall–Kier alpha value is -3.12. The second-order valence-electron chi connectivity index (χ2n) is 5.85. The van der Waals surface area contributed by atoms with Crippen LogP contribution in [0.5, 0.6) is 5.75 Å². The van der Waals surface area contributed by atoms with Crippen LogP contribution < -0.4 is 4.74 Å². The molecule has 2 aromatic heterocycles. The zero-order valence-electron chi connectivity index (χ0n) is 14.8. The van der Waals surface area contributed by atoms with Gasteiger partial charge in [-0.15, -0.1) is 10.2 Å². The van der Waals surface area contributed by atoms with Gasteiger partial charge in [0.1, 0.15) is 5.75 Å². The largest absolute Gasteiger partial charge is 0.497 e. The molecule has 0 aliphatic heterocycles. The van der Waals surface area contributed by atoms with Crippen molar-refractivity contribution < 1.29 is 4.74 Å². The van der Waals surface area contributed by atoms with E-state index in [2.05, 4.69) is 44.0 Å². The Balaban J connectivity index is 1.67. The Labute approximate surface area is 162 Å². The molecule has 6 heteroatoms. The molecule has 2 aromatic carbocycles. The number of benzene rings is 2. The van der Waals surface area contributed by atoms with E-state index in [0.717, 1.165) is 33.7 Å². The van der Waals surface area contributed by atoms with Gasteiger partial charge in [0, 0.05) is 29.4 Å². The van der Waals surface area contributed by atoms with Crippen LogP contribution in [0.1, 0.15) is 5.56 Å². The first-order chi connectivity index (χ1) is 13.3. The van der Waals surface area contributed by atoms with Crippen LogP contribution >= 0.6 is 11.8 Å². The van der Waals surface area contributed by atoms with E-state index in [-0.39, 0.29) is 0 Å². The molecular formula is C21H18N4OS. The van der Waals surface area contributed by atoms with Crippen molar-refractivity contribution in [3.8, 4) is 22.8 Å². The van der Waals surface area contributed by atoms with Gasteiger partial charge < -0.3 is 4.74 Å². The third kappa shape index (κ3) is 3.85. The first-order valence-electron chi connectivity index (χ1n) is 8.52. The molecule has 0 saturated heterocycles. The van der Waals surface area contributed by atoms with Gasteiger partial charge in [0.2, 0.25) is 0 Å². The minimum absolute atomic E-state index is 0.797. The van der Waals surface area contributed by atoms with Gasteiger partial charge in [-0.25, -0.2) is 0 Å². The van der Waals surface area contributed by atoms with E-state index in [4.69, 9.17) is 4.74 Å². The highest BCUT2D eigenvalue weighted by molar-refractivity contribution is 7.98. The third-order valence-corrected chi connectivity index (χ3v) is 5.11. The van der Waals surface area contributed by atoms with Crippen LogP contribution in [0.15, 0.2) is 84.3 Å². The summed E-state index contributed by atoms with van der Waals surface area (Å²) in [6.07, 6.45) is 3.53. The number of thioether (sulfide) groups is 1. The molecule has 0 atom stereocenters. The number of para-hydroxylation sites is 1. The molecule has 0 aliphatic rings. The van der Waals surface area contributed by atoms with E-state index < -0.39 is 0 Å². The zero-order valence-corrected chi connectivity index (χ0v) is 15.6. The van der Waals surface area contributed by atoms with Gasteiger partial charge in [0.25, 0.3) is 0 Å². The molecule has 0 bridgehead atoms. The SMILES string of the molecule is COc1ccc(CSc2nnc(-c3ccncc3)n2-c2ccccc2)cc1. The van der Waals surface area contributed by atoms with Crippen LogP contribution in [0.2, 0.25) is 0 Å². The molecule has 2 heterocycles. The molecule has 4 aromatic rings. The molecule has 4 rings (SSSR count). The van der Waals surface area contributed by atoms with Crippen molar-refractivity contribution in [3.63, 3.8) is 0 Å². The summed E-state index contributed by atoms with van der Waals surface area (Å²) in [5.41, 5.74) is 3.22. The standard InChI is InChI=1S/C21H18N4OS/c1-26-19-9-7-16(8-10-19)15-27-21-24-23-20(17-11-13-22-14-12-17)25(21)18-5-3-2-4-6-18/h2-14H,15H2,1H3. The predicted octanol–water partition coefficient (Wildman–Crippen LogP) is 4.63. The molecule has 0 radical (unpaired) electrons. The second kappa shape index (κ2) is 8.05. The molecule has 0 saturated carbocycles. The summed E-state index contributed by atoms with van der Waals surface area (Å²) in [6, 6.07) is 22.1. The second-order valence-corrected chi connectivity index (χ2v) is 6.79. The van der Waals surface area contributed by atoms with Crippen molar-refractivity contribution in [3.05, 3.63) is 84.7 Å². The molecular weight excluding hydrogens is 356 g/mol. The van der Waals surface area contributed by atoms with E-state index in [0.29, 0.717) is 0 Å². The van der Waals surface area contributed by atoms with E-state index in [1.54, 1.807) is 31.3 Å². The summed E-state index contributed by atoms with van der Waals surface area (Å²) in [5, 5.41) is 9.75. The van der Waals surface area contributed by atoms with Crippen LogP contribution in [-0.2, 0) is 5.75 Å². The van der Waals surface area contributed by atoms with Crippen molar-refractivity contribution in [1.29, 1.82) is 0 Å². The fraction of sp³-hybridized carbons (Fsp3) is 0.0952. The van der Waals surface area contributed by atoms with Gasteiger partial charge in [-0.1, -0.05) is 42.1 Å². The van der Waals surface area contributed by atoms with Crippen molar-refractivity contribution >= 4 is 11.8 Å². The highest BCUT2D eigenvalue weighted by Crippen LogP contribution is 2.29. The summed E-state index contributed by atoms with van der Waals surface area (Å²) < 4.78 is 7.31. The smallest absolute Gasteiger partial charge is 0.196 e. The molecule has 0 spiro atoms. The number of ether oxygens (including phenoxy) is 1. The van der Waals surface area contributed by atoms with Crippen LogP contribution in [-0.4, -0.2) is 26.9 Å². The van der Waals surface area contributed by atoms with E-state index >= 15 is 0 Å². The maximum atomic E-state index is 5.22. The van der Waals surface area contributed by atoms with Crippen molar-refractivity contribution in [2.45, 2.75) is 10.9 Å². The summed E-state index contributed by atoms with van der Waals surface area (Å²) in [7, 11) is 1.67. The highest BCUT2D eigenvalue weighted by atomic mass is 32.2. The molecule has 27 heavy (non-hydrogen) atoms. The average Bonchev–Trinajstić information content (AvgIpc) is 3.18. The number of hydrogen-bond donors (Lipinski definition) is 0. The summed E-state index contributed by atoms with van der Waals surface area (Å²) in [6.45, 7) is 0. The average molecular weight is 374 g/mol. The van der Waals surface area contributed by atoms with Crippen LogP contribution in [0.25, 0.3) is 17.1 Å². The van der Waals surface area contributed by atoms with E-state index in [1.165, 1.54) is 5.56 Å². The van der Waals surface area contributed by atoms with Crippen LogP contribution in [0, 0.1) is 0 Å². The molecule has 0 amide bonds. The fourth-order valence-corrected chi connectivity index (χ4v) is 3.64. The lowest BCUT2D eigenvalue weighted by Crippen LogP contribution is -1.99. The Kier molecular flexibility index (Phi) is 5.16. The minimum atomic E-state index is 0.797. The molecule has 0 N–H and O–H groups in total. The summed E-state index contributed by atoms with van der Waals surface area (Å²) >= 11 is 1.66. The van der Waals surface area contributed by atoms with Gasteiger partial charge in [0.05, 0.1) is 7.11 Å². The normalized spacial score (nSPS) is 10.7. The van der Waals surface area contributed by atoms with E-state index in [9.17, 15) is 0 Å².